The molecule has 1 unspecified atom stereocenters. The van der Waals surface area contributed by atoms with Gasteiger partial charge in [-0.2, -0.15) is 13.2 Å². The van der Waals surface area contributed by atoms with Crippen LogP contribution in [-0.4, -0.2) is 57.5 Å². The van der Waals surface area contributed by atoms with Crippen LogP contribution in [0.25, 0.3) is 0 Å². The number of ether oxygens (including phenoxy) is 1. The highest BCUT2D eigenvalue weighted by molar-refractivity contribution is 4.78. The maximum atomic E-state index is 12.7. The van der Waals surface area contributed by atoms with Gasteiger partial charge in [0.2, 0.25) is 0 Å². The summed E-state index contributed by atoms with van der Waals surface area (Å²) in [5, 5.41) is 2.86. The topological polar surface area (TPSA) is 24.5 Å². The summed E-state index contributed by atoms with van der Waals surface area (Å²) >= 11 is 0. The van der Waals surface area contributed by atoms with Crippen molar-refractivity contribution in [3.05, 3.63) is 0 Å². The molecule has 3 nitrogen and oxygen atoms in total. The van der Waals surface area contributed by atoms with Crippen molar-refractivity contribution in [2.75, 3.05) is 46.4 Å². The van der Waals surface area contributed by atoms with Gasteiger partial charge in [0, 0.05) is 39.9 Å². The summed E-state index contributed by atoms with van der Waals surface area (Å²) in [5.74, 6) is -1.24. The molecule has 1 heterocycles. The largest absolute Gasteiger partial charge is 0.394 e. The maximum absolute atomic E-state index is 12.7. The van der Waals surface area contributed by atoms with Crippen molar-refractivity contribution in [1.29, 1.82) is 0 Å². The molecule has 0 aromatic rings. The smallest absolute Gasteiger partial charge is 0.385 e. The van der Waals surface area contributed by atoms with E-state index < -0.39 is 12.1 Å². The van der Waals surface area contributed by atoms with E-state index in [1.807, 2.05) is 4.90 Å². The van der Waals surface area contributed by atoms with Crippen LogP contribution in [0.1, 0.15) is 19.3 Å². The highest BCUT2D eigenvalue weighted by Gasteiger charge is 2.40. The van der Waals surface area contributed by atoms with Gasteiger partial charge in [0.05, 0.1) is 5.92 Å². The fourth-order valence-corrected chi connectivity index (χ4v) is 2.16. The fourth-order valence-electron chi connectivity index (χ4n) is 2.16. The highest BCUT2D eigenvalue weighted by atomic mass is 19.4. The third kappa shape index (κ3) is 6.02. The van der Waals surface area contributed by atoms with Crippen molar-refractivity contribution in [3.8, 4) is 0 Å². The van der Waals surface area contributed by atoms with Crippen LogP contribution in [0, 0.1) is 5.92 Å². The summed E-state index contributed by atoms with van der Waals surface area (Å²) in [6.07, 6.45) is -1.17. The number of methoxy groups -OCH3 is 1. The summed E-state index contributed by atoms with van der Waals surface area (Å²) in [4.78, 5) is 1.92. The third-order valence-corrected chi connectivity index (χ3v) is 3.26. The minimum Gasteiger partial charge on any atom is -0.385 e. The molecule has 18 heavy (non-hydrogen) atoms. The van der Waals surface area contributed by atoms with Crippen molar-refractivity contribution in [2.24, 2.45) is 5.92 Å². The molecule has 0 radical (unpaired) electrons. The molecule has 1 aliphatic rings. The lowest BCUT2D eigenvalue weighted by Crippen LogP contribution is -2.38. The van der Waals surface area contributed by atoms with E-state index in [1.54, 1.807) is 7.11 Å². The van der Waals surface area contributed by atoms with Crippen LogP contribution >= 0.6 is 0 Å². The third-order valence-electron chi connectivity index (χ3n) is 3.26. The van der Waals surface area contributed by atoms with Gasteiger partial charge in [0.1, 0.15) is 0 Å². The lowest BCUT2D eigenvalue weighted by Gasteiger charge is -2.25. The van der Waals surface area contributed by atoms with Gasteiger partial charge in [-0.25, -0.2) is 0 Å². The van der Waals surface area contributed by atoms with E-state index in [2.05, 4.69) is 5.32 Å². The van der Waals surface area contributed by atoms with Crippen molar-refractivity contribution in [1.82, 2.24) is 10.2 Å². The average molecular weight is 268 g/mol. The Bertz CT molecular complexity index is 224. The molecule has 0 aromatic carbocycles. The minimum absolute atomic E-state index is 0.0453. The van der Waals surface area contributed by atoms with Gasteiger partial charge < -0.3 is 15.0 Å². The van der Waals surface area contributed by atoms with E-state index in [-0.39, 0.29) is 13.1 Å². The first-order chi connectivity index (χ1) is 8.54. The molecule has 1 fully saturated rings. The predicted molar refractivity (Wildman–Crippen MR) is 64.6 cm³/mol. The number of hydrogen-bond donors (Lipinski definition) is 1. The summed E-state index contributed by atoms with van der Waals surface area (Å²) in [6.45, 7) is 3.00. The molecule has 0 aliphatic carbocycles. The van der Waals surface area contributed by atoms with Gasteiger partial charge in [-0.3, -0.25) is 0 Å². The van der Waals surface area contributed by atoms with Crippen LogP contribution in [0.4, 0.5) is 13.2 Å². The molecular weight excluding hydrogens is 245 g/mol. The maximum Gasteiger partial charge on any atom is 0.394 e. The molecule has 0 bridgehead atoms. The number of alkyl halides is 3. The van der Waals surface area contributed by atoms with E-state index in [9.17, 15) is 13.2 Å². The fraction of sp³-hybridized carbons (Fsp3) is 1.00. The van der Waals surface area contributed by atoms with Crippen LogP contribution in [0.2, 0.25) is 0 Å². The molecule has 1 saturated heterocycles. The van der Waals surface area contributed by atoms with E-state index in [0.717, 1.165) is 32.4 Å². The van der Waals surface area contributed by atoms with Gasteiger partial charge in [-0.1, -0.05) is 0 Å². The Kier molecular flexibility index (Phi) is 6.96. The summed E-state index contributed by atoms with van der Waals surface area (Å²) < 4.78 is 43.0. The zero-order valence-corrected chi connectivity index (χ0v) is 10.9. The van der Waals surface area contributed by atoms with E-state index in [4.69, 9.17) is 4.74 Å². The van der Waals surface area contributed by atoms with Crippen LogP contribution in [-0.2, 0) is 4.74 Å². The van der Waals surface area contributed by atoms with E-state index >= 15 is 0 Å². The van der Waals surface area contributed by atoms with Crippen molar-refractivity contribution < 1.29 is 17.9 Å². The lowest BCUT2D eigenvalue weighted by molar-refractivity contribution is -0.175. The molecule has 1 atom stereocenters. The van der Waals surface area contributed by atoms with Crippen LogP contribution in [0.15, 0.2) is 0 Å². The molecule has 0 spiro atoms. The first-order valence-corrected chi connectivity index (χ1v) is 6.52. The second-order valence-electron chi connectivity index (χ2n) is 4.80. The molecule has 0 aromatic heterocycles. The number of nitrogens with zero attached hydrogens (tertiary/aromatic N) is 1. The molecule has 6 heteroatoms. The van der Waals surface area contributed by atoms with Crippen LogP contribution in [0.5, 0.6) is 0 Å². The van der Waals surface area contributed by atoms with Crippen molar-refractivity contribution >= 4 is 0 Å². The first-order valence-electron chi connectivity index (χ1n) is 6.52. The quantitative estimate of drug-likeness (QED) is 0.745. The summed E-state index contributed by atoms with van der Waals surface area (Å²) in [7, 11) is 1.66. The zero-order chi connectivity index (χ0) is 13.4. The van der Waals surface area contributed by atoms with Gasteiger partial charge in [-0.05, 0) is 25.8 Å². The Balaban J connectivity index is 2.26. The van der Waals surface area contributed by atoms with Gasteiger partial charge in [0.15, 0.2) is 0 Å². The molecule has 1 N–H and O–H groups in total. The average Bonchev–Trinajstić information content (AvgIpc) is 2.54. The molecular formula is C12H23F3N2O. The second kappa shape index (κ2) is 7.96. The molecule has 0 amide bonds. The van der Waals surface area contributed by atoms with Gasteiger partial charge in [0.25, 0.3) is 0 Å². The SMILES string of the molecule is COCCCCCN1CCNCC(C(F)(F)F)C1. The molecule has 1 aliphatic heterocycles. The van der Waals surface area contributed by atoms with E-state index in [1.165, 1.54) is 0 Å². The number of nitrogens with one attached hydrogen (secondary N) is 1. The summed E-state index contributed by atoms with van der Waals surface area (Å²) in [5.41, 5.74) is 0. The van der Waals surface area contributed by atoms with Crippen LogP contribution in [0.3, 0.4) is 0 Å². The Morgan fingerprint density at radius 2 is 2.06 bits per heavy atom. The number of rotatable bonds is 6. The molecule has 108 valence electrons. The van der Waals surface area contributed by atoms with Gasteiger partial charge >= 0.3 is 6.18 Å². The highest BCUT2D eigenvalue weighted by Crippen LogP contribution is 2.27. The predicted octanol–water partition coefficient (Wildman–Crippen LogP) is 1.89. The molecule has 0 saturated carbocycles. The second-order valence-corrected chi connectivity index (χ2v) is 4.80. The Morgan fingerprint density at radius 1 is 1.28 bits per heavy atom. The first kappa shape index (κ1) is 15.7. The normalized spacial score (nSPS) is 23.0. The van der Waals surface area contributed by atoms with Crippen molar-refractivity contribution in [2.45, 2.75) is 25.4 Å². The zero-order valence-electron chi connectivity index (χ0n) is 10.9. The monoisotopic (exact) mass is 268 g/mol. The van der Waals surface area contributed by atoms with Crippen molar-refractivity contribution in [3.63, 3.8) is 0 Å². The number of hydrogen-bond acceptors (Lipinski definition) is 3. The standard InChI is InChI=1S/C12H23F3N2O/c1-18-8-4-2-3-6-17-7-5-16-9-11(10-17)12(13,14)15/h11,16H,2-10H2,1H3. The van der Waals surface area contributed by atoms with E-state index in [0.29, 0.717) is 13.1 Å². The number of unbranched alkanes of at least 4 members (excludes halogenated alkanes) is 2. The minimum atomic E-state index is -4.09. The van der Waals surface area contributed by atoms with Gasteiger partial charge in [-0.15, -0.1) is 0 Å². The Labute approximate surface area is 107 Å². The summed E-state index contributed by atoms with van der Waals surface area (Å²) in [6, 6.07) is 0. The number of halogens is 3. The molecule has 1 rings (SSSR count). The Hall–Kier alpha value is -0.330. The van der Waals surface area contributed by atoms with Crippen LogP contribution < -0.4 is 5.32 Å². The lowest BCUT2D eigenvalue weighted by atomic mass is 10.1. The Morgan fingerprint density at radius 3 is 2.72 bits per heavy atom.